The Hall–Kier alpha value is -2.37. The third kappa shape index (κ3) is 2.90. The number of rotatable bonds is 2. The predicted molar refractivity (Wildman–Crippen MR) is 93.4 cm³/mol. The molecule has 0 N–H and O–H groups in total. The minimum atomic E-state index is -0.396. The topological polar surface area (TPSA) is 42.7 Å². The van der Waals surface area contributed by atoms with E-state index in [9.17, 15) is 9.18 Å². The van der Waals surface area contributed by atoms with Crippen LogP contribution in [0.25, 0.3) is 11.0 Å². The Morgan fingerprint density at radius 2 is 2.12 bits per heavy atom. The van der Waals surface area contributed by atoms with Crippen LogP contribution >= 0.6 is 11.6 Å². The first-order valence-electron chi connectivity index (χ1n) is 7.87. The molecule has 0 unspecified atom stereocenters. The highest BCUT2D eigenvalue weighted by molar-refractivity contribution is 6.31. The number of aryl methyl sites for hydroxylation is 1. The van der Waals surface area contributed by atoms with E-state index in [-0.39, 0.29) is 5.82 Å². The maximum absolute atomic E-state index is 14.0. The molecule has 128 valence electrons. The molecule has 0 saturated carbocycles. The lowest BCUT2D eigenvalue weighted by Crippen LogP contribution is -2.32. The average Bonchev–Trinajstić information content (AvgIpc) is 2.58. The van der Waals surface area contributed by atoms with Gasteiger partial charge in [0.1, 0.15) is 23.9 Å². The van der Waals surface area contributed by atoms with Crippen LogP contribution in [-0.2, 0) is 13.1 Å². The molecule has 4 nitrogen and oxygen atoms in total. The van der Waals surface area contributed by atoms with Gasteiger partial charge in [-0.2, -0.15) is 0 Å². The molecule has 0 spiro atoms. The van der Waals surface area contributed by atoms with Gasteiger partial charge in [0.2, 0.25) is 0 Å². The monoisotopic (exact) mass is 359 g/mol. The van der Waals surface area contributed by atoms with E-state index in [2.05, 4.69) is 0 Å². The van der Waals surface area contributed by atoms with E-state index in [0.717, 1.165) is 16.5 Å². The van der Waals surface area contributed by atoms with Crippen LogP contribution in [0.1, 0.15) is 16.7 Å². The Kier molecular flexibility index (Phi) is 3.98. The Labute approximate surface area is 148 Å². The molecule has 6 heteroatoms. The van der Waals surface area contributed by atoms with Gasteiger partial charge in [-0.3, -0.25) is 4.90 Å². The zero-order valence-electron chi connectivity index (χ0n) is 13.5. The molecule has 2 heterocycles. The summed E-state index contributed by atoms with van der Waals surface area (Å²) >= 11 is 6.12. The molecule has 0 atom stereocenters. The minimum Gasteiger partial charge on any atom is -0.478 e. The standard InChI is InChI=1S/C19H15ClFNO3/c1-11-7-18(23)25-19-12(11)5-6-17-14(19)9-22(10-24-17)8-13-15(20)3-2-4-16(13)21/h2-7H,8-10H2,1H3. The van der Waals surface area contributed by atoms with E-state index in [1.165, 1.54) is 12.1 Å². The molecule has 0 aliphatic carbocycles. The van der Waals surface area contributed by atoms with Gasteiger partial charge in [0.25, 0.3) is 0 Å². The number of ether oxygens (including phenoxy) is 1. The lowest BCUT2D eigenvalue weighted by atomic mass is 10.0. The first kappa shape index (κ1) is 16.1. The van der Waals surface area contributed by atoms with Gasteiger partial charge in [-0.25, -0.2) is 9.18 Å². The summed E-state index contributed by atoms with van der Waals surface area (Å²) in [6.07, 6.45) is 0. The molecule has 25 heavy (non-hydrogen) atoms. The highest BCUT2D eigenvalue weighted by Gasteiger charge is 2.23. The first-order chi connectivity index (χ1) is 12.0. The SMILES string of the molecule is Cc1cc(=O)oc2c3c(ccc12)OCN(Cc1c(F)cccc1Cl)C3. The van der Waals surface area contributed by atoms with E-state index in [4.69, 9.17) is 20.8 Å². The zero-order valence-corrected chi connectivity index (χ0v) is 14.3. The van der Waals surface area contributed by atoms with Crippen LogP contribution in [0.2, 0.25) is 5.02 Å². The van der Waals surface area contributed by atoms with Crippen molar-refractivity contribution >= 4 is 22.6 Å². The molecule has 0 fully saturated rings. The van der Waals surface area contributed by atoms with E-state index in [1.807, 2.05) is 24.0 Å². The van der Waals surface area contributed by atoms with Gasteiger partial charge in [-0.05, 0) is 36.8 Å². The van der Waals surface area contributed by atoms with Gasteiger partial charge in [0.15, 0.2) is 0 Å². The molecule has 0 amide bonds. The minimum absolute atomic E-state index is 0.303. The van der Waals surface area contributed by atoms with Crippen molar-refractivity contribution in [1.29, 1.82) is 0 Å². The van der Waals surface area contributed by atoms with Gasteiger partial charge in [0.05, 0.1) is 5.56 Å². The van der Waals surface area contributed by atoms with Crippen molar-refractivity contribution in [2.75, 3.05) is 6.73 Å². The van der Waals surface area contributed by atoms with Crippen LogP contribution in [0.15, 0.2) is 45.6 Å². The molecule has 1 aromatic heterocycles. The molecule has 1 aliphatic rings. The molecule has 0 radical (unpaired) electrons. The van der Waals surface area contributed by atoms with E-state index in [0.29, 0.717) is 41.7 Å². The molecule has 1 aliphatic heterocycles. The van der Waals surface area contributed by atoms with Gasteiger partial charge < -0.3 is 9.15 Å². The lowest BCUT2D eigenvalue weighted by Gasteiger charge is -2.29. The van der Waals surface area contributed by atoms with Crippen molar-refractivity contribution < 1.29 is 13.5 Å². The molecule has 0 bridgehead atoms. The fraction of sp³-hybridized carbons (Fsp3) is 0.211. The Morgan fingerprint density at radius 3 is 2.92 bits per heavy atom. The lowest BCUT2D eigenvalue weighted by molar-refractivity contribution is 0.0880. The fourth-order valence-corrected chi connectivity index (χ4v) is 3.37. The third-order valence-electron chi connectivity index (χ3n) is 4.41. The Balaban J connectivity index is 1.73. The average molecular weight is 360 g/mol. The molecular formula is C19H15ClFNO3. The van der Waals surface area contributed by atoms with Crippen molar-refractivity contribution in [3.63, 3.8) is 0 Å². The highest BCUT2D eigenvalue weighted by Crippen LogP contribution is 2.34. The maximum atomic E-state index is 14.0. The number of fused-ring (bicyclic) bond motifs is 3. The van der Waals surface area contributed by atoms with Crippen molar-refractivity contribution in [3.8, 4) is 5.75 Å². The second-order valence-electron chi connectivity index (χ2n) is 6.13. The Morgan fingerprint density at radius 1 is 1.28 bits per heavy atom. The van der Waals surface area contributed by atoms with Crippen molar-refractivity contribution in [3.05, 3.63) is 74.3 Å². The number of hydrogen-bond donors (Lipinski definition) is 0. The first-order valence-corrected chi connectivity index (χ1v) is 8.25. The van der Waals surface area contributed by atoms with Crippen LogP contribution in [0.5, 0.6) is 5.75 Å². The molecular weight excluding hydrogens is 345 g/mol. The van der Waals surface area contributed by atoms with Gasteiger partial charge in [-0.15, -0.1) is 0 Å². The van der Waals surface area contributed by atoms with Crippen molar-refractivity contribution in [2.45, 2.75) is 20.0 Å². The normalized spacial score (nSPS) is 14.4. The summed E-state index contributed by atoms with van der Waals surface area (Å²) < 4.78 is 25.2. The fourth-order valence-electron chi connectivity index (χ4n) is 3.15. The molecule has 2 aromatic carbocycles. The molecule has 4 rings (SSSR count). The van der Waals surface area contributed by atoms with Crippen LogP contribution in [-0.4, -0.2) is 11.6 Å². The Bertz CT molecular complexity index is 1010. The largest absolute Gasteiger partial charge is 0.478 e. The third-order valence-corrected chi connectivity index (χ3v) is 4.76. The predicted octanol–water partition coefficient (Wildman–Crippen LogP) is 4.25. The second-order valence-corrected chi connectivity index (χ2v) is 6.54. The second kappa shape index (κ2) is 6.17. The summed E-state index contributed by atoms with van der Waals surface area (Å²) in [5, 5.41) is 1.25. The summed E-state index contributed by atoms with van der Waals surface area (Å²) in [6.45, 7) is 2.95. The highest BCUT2D eigenvalue weighted by atomic mass is 35.5. The van der Waals surface area contributed by atoms with Crippen LogP contribution < -0.4 is 10.4 Å². The smallest absolute Gasteiger partial charge is 0.336 e. The van der Waals surface area contributed by atoms with Crippen LogP contribution in [0.3, 0.4) is 0 Å². The summed E-state index contributed by atoms with van der Waals surface area (Å²) in [7, 11) is 0. The van der Waals surface area contributed by atoms with Crippen LogP contribution in [0, 0.1) is 12.7 Å². The van der Waals surface area contributed by atoms with E-state index < -0.39 is 5.63 Å². The quantitative estimate of drug-likeness (QED) is 0.642. The number of nitrogens with zero attached hydrogens (tertiary/aromatic N) is 1. The number of benzene rings is 2. The molecule has 3 aromatic rings. The zero-order chi connectivity index (χ0) is 17.6. The summed E-state index contributed by atoms with van der Waals surface area (Å²) in [5.74, 6) is 0.329. The van der Waals surface area contributed by atoms with E-state index in [1.54, 1.807) is 12.1 Å². The van der Waals surface area contributed by atoms with E-state index >= 15 is 0 Å². The van der Waals surface area contributed by atoms with Gasteiger partial charge in [0, 0.05) is 35.1 Å². The summed E-state index contributed by atoms with van der Waals surface area (Å²) in [4.78, 5) is 13.7. The number of hydrogen-bond acceptors (Lipinski definition) is 4. The maximum Gasteiger partial charge on any atom is 0.336 e. The molecule has 0 saturated heterocycles. The van der Waals surface area contributed by atoms with Gasteiger partial charge in [-0.1, -0.05) is 17.7 Å². The summed E-state index contributed by atoms with van der Waals surface area (Å²) in [6, 6.07) is 9.85. The van der Waals surface area contributed by atoms with Crippen molar-refractivity contribution in [1.82, 2.24) is 4.90 Å². The van der Waals surface area contributed by atoms with Gasteiger partial charge >= 0.3 is 5.63 Å². The van der Waals surface area contributed by atoms with Crippen molar-refractivity contribution in [2.24, 2.45) is 0 Å². The van der Waals surface area contributed by atoms with Crippen LogP contribution in [0.4, 0.5) is 4.39 Å². The summed E-state index contributed by atoms with van der Waals surface area (Å²) in [5.41, 5.74) is 2.19. The number of halogens is 2.